The lowest BCUT2D eigenvalue weighted by Crippen LogP contribution is -2.45. The standard InChI is InChI=1S/C24H26N6O7/c1-5-35-24(34)23(33)28-27-22(32)19-7-6-16(13-25-19)37-18-11-15(10-17(12-18)36-14(2)3)21(31)26-20-8-9-30(4)29-20/h6-14H,5H2,1-4H3,(H,27,32)(H,28,33)(H,26,29,31). The van der Waals surface area contributed by atoms with E-state index in [1.807, 2.05) is 19.3 Å². The van der Waals surface area contributed by atoms with Crippen LogP contribution in [0.15, 0.2) is 48.8 Å². The zero-order valence-electron chi connectivity index (χ0n) is 20.6. The quantitative estimate of drug-likeness (QED) is 0.234. The number of hydrogen-bond donors (Lipinski definition) is 3. The molecule has 1 aromatic carbocycles. The van der Waals surface area contributed by atoms with E-state index >= 15 is 0 Å². The molecule has 13 heteroatoms. The van der Waals surface area contributed by atoms with E-state index in [4.69, 9.17) is 9.47 Å². The Hall–Kier alpha value is -4.94. The second-order valence-electron chi connectivity index (χ2n) is 7.80. The van der Waals surface area contributed by atoms with Crippen LogP contribution in [0.2, 0.25) is 0 Å². The number of ether oxygens (including phenoxy) is 3. The highest BCUT2D eigenvalue weighted by atomic mass is 16.5. The van der Waals surface area contributed by atoms with Gasteiger partial charge in [0, 0.05) is 30.9 Å². The molecule has 0 aliphatic heterocycles. The first-order valence-electron chi connectivity index (χ1n) is 11.2. The monoisotopic (exact) mass is 510 g/mol. The van der Waals surface area contributed by atoms with Gasteiger partial charge in [0.15, 0.2) is 5.82 Å². The van der Waals surface area contributed by atoms with Crippen molar-refractivity contribution in [2.75, 3.05) is 11.9 Å². The van der Waals surface area contributed by atoms with E-state index in [2.05, 4.69) is 25.6 Å². The summed E-state index contributed by atoms with van der Waals surface area (Å²) in [6.45, 7) is 5.27. The number of nitrogens with one attached hydrogen (secondary N) is 3. The smallest absolute Gasteiger partial charge is 0.398 e. The molecule has 0 saturated carbocycles. The van der Waals surface area contributed by atoms with Gasteiger partial charge in [-0.05, 0) is 45.0 Å². The first-order valence-corrected chi connectivity index (χ1v) is 11.2. The maximum Gasteiger partial charge on any atom is 0.398 e. The summed E-state index contributed by atoms with van der Waals surface area (Å²) < 4.78 is 17.7. The highest BCUT2D eigenvalue weighted by Crippen LogP contribution is 2.28. The van der Waals surface area contributed by atoms with Crippen molar-refractivity contribution in [3.8, 4) is 17.2 Å². The van der Waals surface area contributed by atoms with Gasteiger partial charge < -0.3 is 19.5 Å². The molecule has 13 nitrogen and oxygen atoms in total. The van der Waals surface area contributed by atoms with E-state index in [1.165, 1.54) is 24.4 Å². The molecule has 0 aliphatic rings. The van der Waals surface area contributed by atoms with Crippen molar-refractivity contribution in [3.63, 3.8) is 0 Å². The molecule has 0 aliphatic carbocycles. The fourth-order valence-corrected chi connectivity index (χ4v) is 2.91. The van der Waals surface area contributed by atoms with E-state index in [1.54, 1.807) is 43.0 Å². The van der Waals surface area contributed by atoms with E-state index in [0.29, 0.717) is 17.3 Å². The molecular formula is C24H26N6O7. The van der Waals surface area contributed by atoms with Crippen LogP contribution >= 0.6 is 0 Å². The Morgan fingerprint density at radius 3 is 2.35 bits per heavy atom. The molecule has 3 aromatic rings. The van der Waals surface area contributed by atoms with E-state index in [9.17, 15) is 19.2 Å². The normalized spacial score (nSPS) is 10.4. The molecule has 0 bridgehead atoms. The average molecular weight is 511 g/mol. The van der Waals surface area contributed by atoms with Crippen LogP contribution in [0.3, 0.4) is 0 Å². The molecule has 194 valence electrons. The van der Waals surface area contributed by atoms with Crippen LogP contribution in [0.5, 0.6) is 17.2 Å². The summed E-state index contributed by atoms with van der Waals surface area (Å²) in [6, 6.07) is 9.21. The van der Waals surface area contributed by atoms with Crippen LogP contribution in [0, 0.1) is 0 Å². The van der Waals surface area contributed by atoms with Crippen molar-refractivity contribution in [2.45, 2.75) is 26.9 Å². The first kappa shape index (κ1) is 26.7. The molecule has 0 unspecified atom stereocenters. The summed E-state index contributed by atoms with van der Waals surface area (Å²) in [6.07, 6.45) is 2.84. The molecule has 37 heavy (non-hydrogen) atoms. The fraction of sp³-hybridized carbons (Fsp3) is 0.250. The molecule has 2 heterocycles. The Labute approximate surface area is 212 Å². The van der Waals surface area contributed by atoms with Gasteiger partial charge >= 0.3 is 11.9 Å². The summed E-state index contributed by atoms with van der Waals surface area (Å²) in [5.41, 5.74) is 4.23. The van der Waals surface area contributed by atoms with Crippen LogP contribution in [0.25, 0.3) is 0 Å². The van der Waals surface area contributed by atoms with Crippen LogP contribution < -0.4 is 25.6 Å². The van der Waals surface area contributed by atoms with Gasteiger partial charge in [0.2, 0.25) is 0 Å². The van der Waals surface area contributed by atoms with Crippen LogP contribution in [-0.2, 0) is 21.4 Å². The van der Waals surface area contributed by atoms with Crippen LogP contribution in [-0.4, -0.2) is 51.2 Å². The maximum absolute atomic E-state index is 12.8. The number of pyridine rings is 1. The lowest BCUT2D eigenvalue weighted by atomic mass is 10.2. The third-order valence-electron chi connectivity index (χ3n) is 4.42. The summed E-state index contributed by atoms with van der Waals surface area (Å²) in [5.74, 6) is -2.05. The number of hydrazine groups is 1. The molecule has 3 N–H and O–H groups in total. The highest BCUT2D eigenvalue weighted by Gasteiger charge is 2.17. The predicted molar refractivity (Wildman–Crippen MR) is 130 cm³/mol. The molecule has 2 aromatic heterocycles. The molecule has 0 atom stereocenters. The number of aromatic nitrogens is 3. The number of rotatable bonds is 8. The number of anilines is 1. The lowest BCUT2D eigenvalue weighted by molar-refractivity contribution is -0.154. The summed E-state index contributed by atoms with van der Waals surface area (Å²) >= 11 is 0. The van der Waals surface area contributed by atoms with Gasteiger partial charge in [0.05, 0.1) is 18.9 Å². The number of carbonyl (C=O) groups is 4. The number of aryl methyl sites for hydroxylation is 1. The van der Waals surface area contributed by atoms with E-state index < -0.39 is 23.7 Å². The molecule has 0 fully saturated rings. The van der Waals surface area contributed by atoms with Gasteiger partial charge in [-0.3, -0.25) is 29.9 Å². The minimum atomic E-state index is -1.13. The van der Waals surface area contributed by atoms with Crippen molar-refractivity contribution < 1.29 is 33.4 Å². The third kappa shape index (κ3) is 7.78. The number of hydrogen-bond acceptors (Lipinski definition) is 9. The Morgan fingerprint density at radius 1 is 0.973 bits per heavy atom. The summed E-state index contributed by atoms with van der Waals surface area (Å²) in [7, 11) is 1.74. The number of esters is 1. The van der Waals surface area contributed by atoms with Crippen molar-refractivity contribution in [1.29, 1.82) is 0 Å². The van der Waals surface area contributed by atoms with Crippen molar-refractivity contribution in [3.05, 3.63) is 60.0 Å². The fourth-order valence-electron chi connectivity index (χ4n) is 2.91. The van der Waals surface area contributed by atoms with Crippen LogP contribution in [0.1, 0.15) is 41.6 Å². The van der Waals surface area contributed by atoms with E-state index in [0.717, 1.165) is 0 Å². The Balaban J connectivity index is 1.70. The van der Waals surface area contributed by atoms with Crippen LogP contribution in [0.4, 0.5) is 5.82 Å². The zero-order chi connectivity index (χ0) is 26.9. The van der Waals surface area contributed by atoms with Gasteiger partial charge in [-0.25, -0.2) is 9.78 Å². The lowest BCUT2D eigenvalue weighted by Gasteiger charge is -2.14. The van der Waals surface area contributed by atoms with Crippen molar-refractivity contribution in [2.24, 2.45) is 7.05 Å². The minimum Gasteiger partial charge on any atom is -0.491 e. The van der Waals surface area contributed by atoms with Gasteiger partial charge in [-0.15, -0.1) is 0 Å². The average Bonchev–Trinajstić information content (AvgIpc) is 3.26. The molecule has 0 saturated heterocycles. The number of nitrogens with zero attached hydrogens (tertiary/aromatic N) is 3. The first-order chi connectivity index (χ1) is 17.6. The van der Waals surface area contributed by atoms with Crippen molar-refractivity contribution in [1.82, 2.24) is 25.6 Å². The molecule has 3 amide bonds. The van der Waals surface area contributed by atoms with Gasteiger partial charge in [0.25, 0.3) is 11.8 Å². The second-order valence-corrected chi connectivity index (χ2v) is 7.80. The molecule has 0 radical (unpaired) electrons. The van der Waals surface area contributed by atoms with Gasteiger partial charge in [-0.1, -0.05) is 0 Å². The SMILES string of the molecule is CCOC(=O)C(=O)NNC(=O)c1ccc(Oc2cc(OC(C)C)cc(C(=O)Nc3ccn(C)n3)c2)cn1. The van der Waals surface area contributed by atoms with E-state index in [-0.39, 0.29) is 29.7 Å². The Kier molecular flexibility index (Phi) is 8.76. The molecular weight excluding hydrogens is 484 g/mol. The third-order valence-corrected chi connectivity index (χ3v) is 4.42. The van der Waals surface area contributed by atoms with Gasteiger partial charge in [0.1, 0.15) is 22.9 Å². The molecule has 3 rings (SSSR count). The van der Waals surface area contributed by atoms with Gasteiger partial charge in [-0.2, -0.15) is 5.10 Å². The second kappa shape index (κ2) is 12.2. The van der Waals surface area contributed by atoms with Crippen molar-refractivity contribution >= 4 is 29.5 Å². The summed E-state index contributed by atoms with van der Waals surface area (Å²) in [5, 5.41) is 6.84. The maximum atomic E-state index is 12.8. The largest absolute Gasteiger partial charge is 0.491 e. The minimum absolute atomic E-state index is 0.0200. The number of carbonyl (C=O) groups excluding carboxylic acids is 4. The molecule has 0 spiro atoms. The zero-order valence-corrected chi connectivity index (χ0v) is 20.6. The predicted octanol–water partition coefficient (Wildman–Crippen LogP) is 1.97. The highest BCUT2D eigenvalue weighted by molar-refractivity contribution is 6.32. The Morgan fingerprint density at radius 2 is 1.73 bits per heavy atom. The summed E-state index contributed by atoms with van der Waals surface area (Å²) in [4.78, 5) is 51.8. The Bertz CT molecular complexity index is 1290. The number of amides is 3. The number of benzene rings is 1. The topological polar surface area (TPSA) is 163 Å².